The van der Waals surface area contributed by atoms with Crippen molar-refractivity contribution < 1.29 is 33.0 Å². The van der Waals surface area contributed by atoms with E-state index in [1.165, 1.54) is 0 Å². The molecule has 0 radical (unpaired) electrons. The van der Waals surface area contributed by atoms with E-state index >= 15 is 0 Å². The van der Waals surface area contributed by atoms with Crippen LogP contribution < -0.4 is 25.7 Å². The smallest absolute Gasteiger partial charge is 0.790 e. The summed E-state index contributed by atoms with van der Waals surface area (Å²) in [6.07, 6.45) is 0. The zero-order chi connectivity index (χ0) is 7.71. The fourth-order valence-corrected chi connectivity index (χ4v) is 1.10. The van der Waals surface area contributed by atoms with E-state index < -0.39 is 15.6 Å². The van der Waals surface area contributed by atoms with Gasteiger partial charge >= 0.3 is 37.7 Å². The predicted molar refractivity (Wildman–Crippen MR) is 28.0 cm³/mol. The molecule has 11 heteroatoms. The Morgan fingerprint density at radius 1 is 0.909 bits per heavy atom. The SMILES string of the molecule is O=P([O-])([O-])OP(=O)([O-])[O-].[Ca+2].[NH4+]. The van der Waals surface area contributed by atoms with Crippen LogP contribution in [0, 0.1) is 0 Å². The quantitative estimate of drug-likeness (QED) is 0.382. The monoisotopic (exact) mass is 232 g/mol. The topological polar surface area (TPSA) is 172 Å². The first-order valence-corrected chi connectivity index (χ1v) is 4.38. The van der Waals surface area contributed by atoms with Crippen LogP contribution >= 0.6 is 15.6 Å². The fourth-order valence-electron chi connectivity index (χ4n) is 0.122. The molecule has 0 saturated carbocycles. The number of phosphoric acid groups is 2. The average molecular weight is 232 g/mol. The van der Waals surface area contributed by atoms with E-state index in [2.05, 4.69) is 4.31 Å². The molecule has 4 N–H and O–H groups in total. The summed E-state index contributed by atoms with van der Waals surface area (Å²) in [6, 6.07) is 0. The molecule has 8 nitrogen and oxygen atoms in total. The molecule has 0 heterocycles. The summed E-state index contributed by atoms with van der Waals surface area (Å²) in [5.41, 5.74) is 0. The summed E-state index contributed by atoms with van der Waals surface area (Å²) in [7, 11) is -11.4. The van der Waals surface area contributed by atoms with E-state index in [-0.39, 0.29) is 43.9 Å². The van der Waals surface area contributed by atoms with Crippen molar-refractivity contribution >= 4 is 53.4 Å². The molecule has 0 amide bonds. The molecule has 0 fully saturated rings. The summed E-state index contributed by atoms with van der Waals surface area (Å²) >= 11 is 0. The van der Waals surface area contributed by atoms with E-state index in [0.717, 1.165) is 0 Å². The van der Waals surface area contributed by atoms with Gasteiger partial charge in [-0.05, 0) is 0 Å². The number of hydrogen-bond acceptors (Lipinski definition) is 7. The second kappa shape index (κ2) is 6.01. The Labute approximate surface area is 92.0 Å². The molecule has 0 atom stereocenters. The Morgan fingerprint density at radius 2 is 1.09 bits per heavy atom. The third kappa shape index (κ3) is 18.4. The van der Waals surface area contributed by atoms with Gasteiger partial charge in [-0.15, -0.1) is 0 Å². The molecule has 0 spiro atoms. The second-order valence-corrected chi connectivity index (χ2v) is 3.42. The fraction of sp³-hybridized carbons (Fsp3) is 0. The van der Waals surface area contributed by atoms with Gasteiger partial charge in [0.15, 0.2) is 0 Å². The van der Waals surface area contributed by atoms with E-state index in [4.69, 9.17) is 0 Å². The molecule has 0 rings (SSSR count). The third-order valence-electron chi connectivity index (χ3n) is 0.200. The first-order valence-electron chi connectivity index (χ1n) is 1.46. The van der Waals surface area contributed by atoms with Crippen molar-refractivity contribution in [3.8, 4) is 0 Å². The van der Waals surface area contributed by atoms with Crippen molar-refractivity contribution in [3.63, 3.8) is 0 Å². The van der Waals surface area contributed by atoms with Crippen LogP contribution in [0.1, 0.15) is 0 Å². The summed E-state index contributed by atoms with van der Waals surface area (Å²) in [5, 5.41) is 0. The van der Waals surface area contributed by atoms with Crippen LogP contribution in [-0.2, 0) is 13.4 Å². The summed E-state index contributed by atoms with van der Waals surface area (Å²) in [5.74, 6) is 0. The van der Waals surface area contributed by atoms with E-state index in [1.807, 2.05) is 0 Å². The van der Waals surface area contributed by atoms with Crippen molar-refractivity contribution in [2.24, 2.45) is 0 Å². The molecule has 64 valence electrons. The second-order valence-electron chi connectivity index (χ2n) is 0.976. The Morgan fingerprint density at radius 3 is 1.09 bits per heavy atom. The number of quaternary nitrogens is 1. The van der Waals surface area contributed by atoms with Gasteiger partial charge in [-0.25, -0.2) is 0 Å². The van der Waals surface area contributed by atoms with Crippen molar-refractivity contribution in [3.05, 3.63) is 0 Å². The Bertz CT molecular complexity index is 157. The molecule has 0 aliphatic carbocycles. The van der Waals surface area contributed by atoms with Gasteiger partial charge in [0.1, 0.15) is 0 Å². The molecule has 0 bridgehead atoms. The standard InChI is InChI=1S/Ca.H3N.H4O7P2/c;;1-8(2,3)7-9(4,5)6/h;1H3;(H2,1,2,3)(H2,4,5,6)/q+2;;/p-3. The minimum absolute atomic E-state index is 0. The van der Waals surface area contributed by atoms with Crippen LogP contribution in [0.2, 0.25) is 0 Å². The molecule has 11 heavy (non-hydrogen) atoms. The molecular formula is H4CaNO7P2-. The minimum Gasteiger partial charge on any atom is -0.790 e. The third-order valence-corrected chi connectivity index (χ3v) is 1.80. The largest absolute Gasteiger partial charge is 2.00 e. The van der Waals surface area contributed by atoms with Crippen LogP contribution in [0.5, 0.6) is 0 Å². The minimum atomic E-state index is -5.68. The van der Waals surface area contributed by atoms with Gasteiger partial charge in [0.05, 0.1) is 15.6 Å². The van der Waals surface area contributed by atoms with Gasteiger partial charge < -0.3 is 39.2 Å². The normalized spacial score (nSPS) is 11.3. The summed E-state index contributed by atoms with van der Waals surface area (Å²) in [6.45, 7) is 0. The Balaban J connectivity index is -0.000000320. The molecular weight excluding hydrogens is 228 g/mol. The maximum atomic E-state index is 9.32. The van der Waals surface area contributed by atoms with Gasteiger partial charge in [0, 0.05) is 0 Å². The molecule has 0 aromatic heterocycles. The maximum absolute atomic E-state index is 9.32. The Kier molecular flexibility index (Phi) is 10.0. The molecule has 0 aliphatic rings. The van der Waals surface area contributed by atoms with Gasteiger partial charge in [-0.2, -0.15) is 0 Å². The molecule has 0 aromatic carbocycles. The van der Waals surface area contributed by atoms with Gasteiger partial charge in [-0.1, -0.05) is 0 Å². The van der Waals surface area contributed by atoms with Gasteiger partial charge in [0.25, 0.3) is 0 Å². The molecule has 0 saturated heterocycles. The zero-order valence-corrected chi connectivity index (χ0v) is 9.46. The predicted octanol–water partition coefficient (Wildman–Crippen LogP) is -3.34. The van der Waals surface area contributed by atoms with Crippen LogP contribution in [0.3, 0.4) is 0 Å². The van der Waals surface area contributed by atoms with Crippen molar-refractivity contribution in [1.82, 2.24) is 6.15 Å². The van der Waals surface area contributed by atoms with Crippen molar-refractivity contribution in [2.75, 3.05) is 0 Å². The first-order chi connectivity index (χ1) is 3.71. The van der Waals surface area contributed by atoms with Crippen molar-refractivity contribution in [2.45, 2.75) is 0 Å². The summed E-state index contributed by atoms with van der Waals surface area (Å²) in [4.78, 5) is 37.3. The van der Waals surface area contributed by atoms with Crippen LogP contribution in [-0.4, -0.2) is 37.7 Å². The van der Waals surface area contributed by atoms with Crippen LogP contribution in [0.15, 0.2) is 0 Å². The first kappa shape index (κ1) is 18.3. The zero-order valence-electron chi connectivity index (χ0n) is 5.46. The molecule has 0 unspecified atom stereocenters. The van der Waals surface area contributed by atoms with Gasteiger partial charge in [0.2, 0.25) is 0 Å². The number of rotatable bonds is 2. The average Bonchev–Trinajstić information content (AvgIpc) is 1.14. The molecule has 0 aromatic rings. The van der Waals surface area contributed by atoms with E-state index in [9.17, 15) is 28.7 Å². The van der Waals surface area contributed by atoms with Crippen LogP contribution in [0.4, 0.5) is 0 Å². The number of hydrogen-bond donors (Lipinski definition) is 1. The van der Waals surface area contributed by atoms with E-state index in [1.54, 1.807) is 0 Å². The van der Waals surface area contributed by atoms with Gasteiger partial charge in [-0.3, -0.25) is 0 Å². The Hall–Kier alpha value is 1.48. The van der Waals surface area contributed by atoms with Crippen LogP contribution in [0.25, 0.3) is 0 Å². The van der Waals surface area contributed by atoms with Crippen molar-refractivity contribution in [1.29, 1.82) is 0 Å². The molecule has 0 aliphatic heterocycles. The van der Waals surface area contributed by atoms with E-state index in [0.29, 0.717) is 0 Å². The maximum Gasteiger partial charge on any atom is 2.00 e. The summed E-state index contributed by atoms with van der Waals surface area (Å²) < 4.78 is 21.2.